The van der Waals surface area contributed by atoms with Crippen molar-refractivity contribution in [1.82, 2.24) is 9.55 Å². The molecule has 0 bridgehead atoms. The molecule has 2 aromatic rings. The zero-order valence-corrected chi connectivity index (χ0v) is 12.2. The van der Waals surface area contributed by atoms with E-state index in [2.05, 4.69) is 4.98 Å². The number of benzene rings is 1. The number of esters is 1. The Labute approximate surface area is 122 Å². The van der Waals surface area contributed by atoms with Crippen LogP contribution in [0.3, 0.4) is 0 Å². The zero-order valence-electron chi connectivity index (χ0n) is 12.2. The average molecular weight is 292 g/mol. The molecule has 0 amide bonds. The third kappa shape index (κ3) is 2.80. The van der Waals surface area contributed by atoms with Crippen LogP contribution in [0.2, 0.25) is 0 Å². The largest absolute Gasteiger partial charge is 0.461 e. The lowest BCUT2D eigenvalue weighted by Crippen LogP contribution is -2.07. The number of imidazole rings is 1. The number of carbonyl (C=O) groups is 1. The first-order valence-electron chi connectivity index (χ1n) is 6.59. The Bertz CT molecular complexity index is 680. The molecule has 1 aromatic heterocycles. The number of aliphatic hydroxyl groups is 1. The van der Waals surface area contributed by atoms with Crippen molar-refractivity contribution in [2.24, 2.45) is 7.05 Å². The summed E-state index contributed by atoms with van der Waals surface area (Å²) in [5.74, 6) is -0.441. The van der Waals surface area contributed by atoms with Gasteiger partial charge < -0.3 is 14.4 Å². The van der Waals surface area contributed by atoms with E-state index in [-0.39, 0.29) is 18.9 Å². The van der Waals surface area contributed by atoms with Crippen LogP contribution in [0.1, 0.15) is 28.7 Å². The highest BCUT2D eigenvalue weighted by molar-refractivity contribution is 5.89. The third-order valence-electron chi connectivity index (χ3n) is 3.33. The van der Waals surface area contributed by atoms with Crippen LogP contribution in [0.25, 0.3) is 11.4 Å². The first-order chi connectivity index (χ1) is 9.99. The van der Waals surface area contributed by atoms with Crippen molar-refractivity contribution in [1.29, 1.82) is 0 Å². The first-order valence-corrected chi connectivity index (χ1v) is 6.59. The van der Waals surface area contributed by atoms with Gasteiger partial charge in [0.05, 0.1) is 13.2 Å². The molecular weight excluding hydrogens is 275 g/mol. The number of carbonyl (C=O) groups excluding carboxylic acids is 1. The minimum absolute atomic E-state index is 0.225. The molecule has 0 atom stereocenters. The molecule has 0 unspecified atom stereocenters. The van der Waals surface area contributed by atoms with Crippen molar-refractivity contribution < 1.29 is 19.0 Å². The quantitative estimate of drug-likeness (QED) is 0.877. The maximum absolute atomic E-state index is 13.3. The summed E-state index contributed by atoms with van der Waals surface area (Å²) in [5, 5.41) is 9.37. The predicted octanol–water partition coefficient (Wildman–Crippen LogP) is 2.20. The number of nitrogens with zero attached hydrogens (tertiary/aromatic N) is 2. The van der Waals surface area contributed by atoms with Gasteiger partial charge in [-0.15, -0.1) is 0 Å². The summed E-state index contributed by atoms with van der Waals surface area (Å²) in [6.07, 6.45) is 0. The second kappa shape index (κ2) is 6.05. The van der Waals surface area contributed by atoms with Crippen molar-refractivity contribution in [3.8, 4) is 11.4 Å². The second-order valence-electron chi connectivity index (χ2n) is 4.61. The summed E-state index contributed by atoms with van der Waals surface area (Å²) < 4.78 is 19.9. The number of aliphatic hydroxyl groups excluding tert-OH is 1. The highest BCUT2D eigenvalue weighted by Gasteiger charge is 2.21. The number of hydrogen-bond donors (Lipinski definition) is 1. The maximum Gasteiger partial charge on any atom is 0.358 e. The smallest absolute Gasteiger partial charge is 0.358 e. The van der Waals surface area contributed by atoms with Crippen LogP contribution in [0.5, 0.6) is 0 Å². The molecular formula is C15H17FN2O3. The molecule has 0 radical (unpaired) electrons. The molecule has 21 heavy (non-hydrogen) atoms. The summed E-state index contributed by atoms with van der Waals surface area (Å²) in [6.45, 7) is 3.43. The molecule has 6 heteroatoms. The van der Waals surface area contributed by atoms with Gasteiger partial charge in [0.15, 0.2) is 5.69 Å². The first kappa shape index (κ1) is 15.2. The van der Waals surface area contributed by atoms with E-state index in [1.165, 1.54) is 18.2 Å². The number of halogens is 1. The summed E-state index contributed by atoms with van der Waals surface area (Å²) in [5.41, 5.74) is 1.87. The van der Waals surface area contributed by atoms with Crippen molar-refractivity contribution in [2.45, 2.75) is 20.5 Å². The number of rotatable bonds is 4. The van der Waals surface area contributed by atoms with E-state index in [9.17, 15) is 14.3 Å². The SMILES string of the molecule is CCOC(=O)c1nc(-c2ccc(F)cc2CO)n(C)c1C. The van der Waals surface area contributed by atoms with Gasteiger partial charge in [0.1, 0.15) is 11.6 Å². The fraction of sp³-hybridized carbons (Fsp3) is 0.333. The van der Waals surface area contributed by atoms with E-state index in [1.54, 1.807) is 25.5 Å². The topological polar surface area (TPSA) is 64.3 Å². The van der Waals surface area contributed by atoms with Crippen LogP contribution in [0, 0.1) is 12.7 Å². The van der Waals surface area contributed by atoms with Crippen molar-refractivity contribution >= 4 is 5.97 Å². The Hall–Kier alpha value is -2.21. The number of aromatic nitrogens is 2. The zero-order chi connectivity index (χ0) is 15.6. The second-order valence-corrected chi connectivity index (χ2v) is 4.61. The normalized spacial score (nSPS) is 10.7. The van der Waals surface area contributed by atoms with E-state index in [1.807, 2.05) is 0 Å². The Morgan fingerprint density at radius 3 is 2.81 bits per heavy atom. The molecule has 1 heterocycles. The average Bonchev–Trinajstić information content (AvgIpc) is 2.76. The van der Waals surface area contributed by atoms with Gasteiger partial charge in [0, 0.05) is 18.3 Å². The lowest BCUT2D eigenvalue weighted by Gasteiger charge is -2.08. The molecule has 5 nitrogen and oxygen atoms in total. The number of hydrogen-bond acceptors (Lipinski definition) is 4. The Morgan fingerprint density at radius 2 is 2.19 bits per heavy atom. The van der Waals surface area contributed by atoms with Gasteiger partial charge in [-0.3, -0.25) is 0 Å². The van der Waals surface area contributed by atoms with Crippen LogP contribution in [0.4, 0.5) is 4.39 Å². The van der Waals surface area contributed by atoms with Gasteiger partial charge in [0.2, 0.25) is 0 Å². The molecule has 1 N–H and O–H groups in total. The highest BCUT2D eigenvalue weighted by Crippen LogP contribution is 2.26. The van der Waals surface area contributed by atoms with Gasteiger partial charge in [-0.2, -0.15) is 0 Å². The molecule has 112 valence electrons. The summed E-state index contributed by atoms with van der Waals surface area (Å²) in [6, 6.07) is 4.09. The van der Waals surface area contributed by atoms with Crippen molar-refractivity contribution in [3.63, 3.8) is 0 Å². The summed E-state index contributed by atoms with van der Waals surface area (Å²) in [4.78, 5) is 16.2. The van der Waals surface area contributed by atoms with Gasteiger partial charge in [-0.05, 0) is 37.6 Å². The summed E-state index contributed by atoms with van der Waals surface area (Å²) in [7, 11) is 1.75. The number of ether oxygens (including phenoxy) is 1. The molecule has 1 aromatic carbocycles. The van der Waals surface area contributed by atoms with Gasteiger partial charge in [0.25, 0.3) is 0 Å². The van der Waals surface area contributed by atoms with Crippen LogP contribution < -0.4 is 0 Å². The third-order valence-corrected chi connectivity index (χ3v) is 3.33. The van der Waals surface area contributed by atoms with E-state index in [0.29, 0.717) is 22.6 Å². The molecule has 0 saturated heterocycles. The van der Waals surface area contributed by atoms with Crippen LogP contribution in [0.15, 0.2) is 18.2 Å². The van der Waals surface area contributed by atoms with Crippen molar-refractivity contribution in [2.75, 3.05) is 6.61 Å². The van der Waals surface area contributed by atoms with Crippen molar-refractivity contribution in [3.05, 3.63) is 41.0 Å². The molecule has 0 aliphatic carbocycles. The van der Waals surface area contributed by atoms with E-state index >= 15 is 0 Å². The predicted molar refractivity (Wildman–Crippen MR) is 75.2 cm³/mol. The molecule has 0 spiro atoms. The fourth-order valence-electron chi connectivity index (χ4n) is 2.12. The molecule has 0 saturated carbocycles. The maximum atomic E-state index is 13.3. The summed E-state index contributed by atoms with van der Waals surface area (Å²) >= 11 is 0. The Kier molecular flexibility index (Phi) is 4.37. The van der Waals surface area contributed by atoms with Crippen LogP contribution in [-0.2, 0) is 18.4 Å². The Balaban J connectivity index is 2.55. The van der Waals surface area contributed by atoms with E-state index < -0.39 is 11.8 Å². The molecule has 2 rings (SSSR count). The van der Waals surface area contributed by atoms with E-state index in [4.69, 9.17) is 4.74 Å². The van der Waals surface area contributed by atoms with Gasteiger partial charge >= 0.3 is 5.97 Å². The van der Waals surface area contributed by atoms with Crippen LogP contribution >= 0.6 is 0 Å². The van der Waals surface area contributed by atoms with Gasteiger partial charge in [-0.25, -0.2) is 14.2 Å². The van der Waals surface area contributed by atoms with E-state index in [0.717, 1.165) is 0 Å². The monoisotopic (exact) mass is 292 g/mol. The van der Waals surface area contributed by atoms with Gasteiger partial charge in [-0.1, -0.05) is 0 Å². The van der Waals surface area contributed by atoms with Crippen LogP contribution in [-0.4, -0.2) is 27.2 Å². The standard InChI is InChI=1S/C15H17FN2O3/c1-4-21-15(20)13-9(2)18(3)14(17-13)12-6-5-11(16)7-10(12)8-19/h5-7,19H,4,8H2,1-3H3. The molecule has 0 aliphatic rings. The molecule has 0 aliphatic heterocycles. The lowest BCUT2D eigenvalue weighted by atomic mass is 10.1. The fourth-order valence-corrected chi connectivity index (χ4v) is 2.12. The minimum Gasteiger partial charge on any atom is -0.461 e. The molecule has 0 fully saturated rings. The Morgan fingerprint density at radius 1 is 1.48 bits per heavy atom. The highest BCUT2D eigenvalue weighted by atomic mass is 19.1. The lowest BCUT2D eigenvalue weighted by molar-refractivity contribution is 0.0519. The minimum atomic E-state index is -0.496.